The highest BCUT2D eigenvalue weighted by molar-refractivity contribution is 9.10. The normalized spacial score (nSPS) is 10.3. The van der Waals surface area contributed by atoms with Gasteiger partial charge >= 0.3 is 0 Å². The van der Waals surface area contributed by atoms with E-state index >= 15 is 0 Å². The molecule has 2 rings (SSSR count). The lowest BCUT2D eigenvalue weighted by Gasteiger charge is -2.00. The molecule has 16 heavy (non-hydrogen) atoms. The first-order valence-electron chi connectivity index (χ1n) is 5.05. The first kappa shape index (κ1) is 11.6. The van der Waals surface area contributed by atoms with Gasteiger partial charge < -0.3 is 0 Å². The molecule has 0 aliphatic heterocycles. The second-order valence-electron chi connectivity index (χ2n) is 3.57. The van der Waals surface area contributed by atoms with Crippen LogP contribution in [0.25, 0.3) is 0 Å². The molecule has 0 N–H and O–H groups in total. The second kappa shape index (κ2) is 5.41. The van der Waals surface area contributed by atoms with Gasteiger partial charge in [0, 0.05) is 16.5 Å². The molecule has 3 heteroatoms. The number of hydrogen-bond donors (Lipinski definition) is 0. The number of halogens is 1. The lowest BCUT2D eigenvalue weighted by atomic mass is 10.0. The Morgan fingerprint density at radius 3 is 2.88 bits per heavy atom. The van der Waals surface area contributed by atoms with Crippen LogP contribution in [0, 0.1) is 0 Å². The zero-order valence-electron chi connectivity index (χ0n) is 8.65. The van der Waals surface area contributed by atoms with Crippen molar-refractivity contribution in [2.75, 3.05) is 0 Å². The smallest absolute Gasteiger partial charge is 0.163 e. The zero-order chi connectivity index (χ0) is 11.4. The van der Waals surface area contributed by atoms with Crippen LogP contribution in [0.5, 0.6) is 0 Å². The summed E-state index contributed by atoms with van der Waals surface area (Å²) >= 11 is 5.04. The monoisotopic (exact) mass is 294 g/mol. The minimum Gasteiger partial charge on any atom is -0.294 e. The van der Waals surface area contributed by atoms with Crippen molar-refractivity contribution in [3.8, 4) is 0 Å². The summed E-state index contributed by atoms with van der Waals surface area (Å²) < 4.78 is 0.953. The molecular weight excluding hydrogens is 284 g/mol. The minimum atomic E-state index is 0.201. The van der Waals surface area contributed by atoms with Gasteiger partial charge in [-0.25, -0.2) is 0 Å². The van der Waals surface area contributed by atoms with Gasteiger partial charge in [0.05, 0.1) is 0 Å². The van der Waals surface area contributed by atoms with E-state index in [0.29, 0.717) is 6.42 Å². The molecule has 0 atom stereocenters. The van der Waals surface area contributed by atoms with Crippen molar-refractivity contribution in [1.29, 1.82) is 0 Å². The number of rotatable bonds is 4. The molecule has 0 saturated carbocycles. The van der Waals surface area contributed by atoms with Crippen molar-refractivity contribution < 1.29 is 4.79 Å². The summed E-state index contributed by atoms with van der Waals surface area (Å²) in [7, 11) is 0. The molecule has 0 fully saturated rings. The fourth-order valence-electron chi connectivity index (χ4n) is 1.50. The van der Waals surface area contributed by atoms with Crippen molar-refractivity contribution in [1.82, 2.24) is 0 Å². The molecule has 0 unspecified atom stereocenters. The highest BCUT2D eigenvalue weighted by Crippen LogP contribution is 2.15. The molecule has 2 aromatic rings. The number of carbonyl (C=O) groups is 1. The Morgan fingerprint density at radius 2 is 2.19 bits per heavy atom. The Labute approximate surface area is 107 Å². The largest absolute Gasteiger partial charge is 0.294 e. The Bertz CT molecular complexity index is 476. The highest BCUT2D eigenvalue weighted by atomic mass is 79.9. The number of Topliss-reactive ketones (excluding diaryl/α,β-unsaturated/α-hetero) is 1. The van der Waals surface area contributed by atoms with E-state index in [2.05, 4.69) is 27.4 Å². The molecule has 1 aromatic heterocycles. The van der Waals surface area contributed by atoms with Gasteiger partial charge in [0.15, 0.2) is 5.78 Å². The fourth-order valence-corrected chi connectivity index (χ4v) is 2.60. The SMILES string of the molecule is O=C(CCc1ccsc1)c1cccc(Br)c1. The maximum Gasteiger partial charge on any atom is 0.163 e. The fraction of sp³-hybridized carbons (Fsp3) is 0.154. The van der Waals surface area contributed by atoms with Crippen LogP contribution < -0.4 is 0 Å². The van der Waals surface area contributed by atoms with E-state index in [-0.39, 0.29) is 5.78 Å². The Morgan fingerprint density at radius 1 is 1.31 bits per heavy atom. The molecule has 0 radical (unpaired) electrons. The standard InChI is InChI=1S/C13H11BrOS/c14-12-3-1-2-11(8-12)13(15)5-4-10-6-7-16-9-10/h1-3,6-9H,4-5H2. The zero-order valence-corrected chi connectivity index (χ0v) is 11.1. The van der Waals surface area contributed by atoms with E-state index in [1.165, 1.54) is 5.56 Å². The summed E-state index contributed by atoms with van der Waals surface area (Å²) in [6.07, 6.45) is 1.40. The van der Waals surface area contributed by atoms with Crippen LogP contribution >= 0.6 is 27.3 Å². The molecule has 0 aliphatic rings. The number of aryl methyl sites for hydroxylation is 1. The Kier molecular flexibility index (Phi) is 3.91. The van der Waals surface area contributed by atoms with E-state index in [9.17, 15) is 4.79 Å². The molecule has 1 heterocycles. The molecule has 82 valence electrons. The Balaban J connectivity index is 1.98. The van der Waals surface area contributed by atoms with E-state index in [1.807, 2.05) is 29.6 Å². The molecule has 0 spiro atoms. The van der Waals surface area contributed by atoms with Gasteiger partial charge in [0.2, 0.25) is 0 Å². The first-order chi connectivity index (χ1) is 7.75. The van der Waals surface area contributed by atoms with Gasteiger partial charge in [0.25, 0.3) is 0 Å². The summed E-state index contributed by atoms with van der Waals surface area (Å²) in [5, 5.41) is 4.13. The predicted octanol–water partition coefficient (Wildman–Crippen LogP) is 4.33. The van der Waals surface area contributed by atoms with Crippen LogP contribution in [0.4, 0.5) is 0 Å². The highest BCUT2D eigenvalue weighted by Gasteiger charge is 2.06. The van der Waals surface area contributed by atoms with Crippen LogP contribution in [-0.4, -0.2) is 5.78 Å². The van der Waals surface area contributed by atoms with E-state index in [0.717, 1.165) is 16.5 Å². The van der Waals surface area contributed by atoms with E-state index in [4.69, 9.17) is 0 Å². The van der Waals surface area contributed by atoms with Crippen molar-refractivity contribution in [3.63, 3.8) is 0 Å². The third-order valence-electron chi connectivity index (χ3n) is 2.37. The van der Waals surface area contributed by atoms with E-state index in [1.54, 1.807) is 11.3 Å². The van der Waals surface area contributed by atoms with Crippen molar-refractivity contribution in [2.24, 2.45) is 0 Å². The van der Waals surface area contributed by atoms with Gasteiger partial charge in [-0.15, -0.1) is 0 Å². The van der Waals surface area contributed by atoms with Crippen LogP contribution in [0.2, 0.25) is 0 Å². The summed E-state index contributed by atoms with van der Waals surface area (Å²) in [5.41, 5.74) is 2.03. The van der Waals surface area contributed by atoms with Gasteiger partial charge in [-0.05, 0) is 40.9 Å². The molecule has 0 bridgehead atoms. The number of hydrogen-bond acceptors (Lipinski definition) is 2. The van der Waals surface area contributed by atoms with Gasteiger partial charge in [-0.3, -0.25) is 4.79 Å². The molecule has 0 aliphatic carbocycles. The predicted molar refractivity (Wildman–Crippen MR) is 71.1 cm³/mol. The average Bonchev–Trinajstić information content (AvgIpc) is 2.78. The average molecular weight is 295 g/mol. The first-order valence-corrected chi connectivity index (χ1v) is 6.79. The Hall–Kier alpha value is -0.930. The quantitative estimate of drug-likeness (QED) is 0.767. The molecular formula is C13H11BrOS. The summed E-state index contributed by atoms with van der Waals surface area (Å²) in [6.45, 7) is 0. The summed E-state index contributed by atoms with van der Waals surface area (Å²) in [4.78, 5) is 11.9. The van der Waals surface area contributed by atoms with Crippen LogP contribution in [0.3, 0.4) is 0 Å². The van der Waals surface area contributed by atoms with Crippen LogP contribution in [-0.2, 0) is 6.42 Å². The molecule has 1 nitrogen and oxygen atoms in total. The topological polar surface area (TPSA) is 17.1 Å². The van der Waals surface area contributed by atoms with Crippen molar-refractivity contribution in [3.05, 3.63) is 56.7 Å². The van der Waals surface area contributed by atoms with Crippen molar-refractivity contribution >= 4 is 33.0 Å². The third-order valence-corrected chi connectivity index (χ3v) is 3.59. The number of thiophene rings is 1. The lowest BCUT2D eigenvalue weighted by Crippen LogP contribution is -2.00. The lowest BCUT2D eigenvalue weighted by molar-refractivity contribution is 0.0983. The second-order valence-corrected chi connectivity index (χ2v) is 5.26. The van der Waals surface area contributed by atoms with E-state index < -0.39 is 0 Å². The van der Waals surface area contributed by atoms with Gasteiger partial charge in [0.1, 0.15) is 0 Å². The molecule has 0 saturated heterocycles. The maximum atomic E-state index is 11.9. The summed E-state index contributed by atoms with van der Waals surface area (Å²) in [5.74, 6) is 0.201. The number of carbonyl (C=O) groups excluding carboxylic acids is 1. The third kappa shape index (κ3) is 3.03. The maximum absolute atomic E-state index is 11.9. The van der Waals surface area contributed by atoms with Crippen molar-refractivity contribution in [2.45, 2.75) is 12.8 Å². The molecule has 0 amide bonds. The number of benzene rings is 1. The van der Waals surface area contributed by atoms with Crippen LogP contribution in [0.1, 0.15) is 22.3 Å². The number of ketones is 1. The summed E-state index contributed by atoms with van der Waals surface area (Å²) in [6, 6.07) is 9.62. The van der Waals surface area contributed by atoms with Gasteiger partial charge in [-0.2, -0.15) is 11.3 Å². The minimum absolute atomic E-state index is 0.201. The molecule has 1 aromatic carbocycles. The van der Waals surface area contributed by atoms with Gasteiger partial charge in [-0.1, -0.05) is 28.1 Å². The van der Waals surface area contributed by atoms with Crippen LogP contribution in [0.15, 0.2) is 45.6 Å².